The van der Waals surface area contributed by atoms with Gasteiger partial charge in [-0.25, -0.2) is 13.1 Å². The summed E-state index contributed by atoms with van der Waals surface area (Å²) in [5.74, 6) is 1.18. The highest BCUT2D eigenvalue weighted by molar-refractivity contribution is 7.89. The van der Waals surface area contributed by atoms with Crippen molar-refractivity contribution in [1.29, 1.82) is 0 Å². The summed E-state index contributed by atoms with van der Waals surface area (Å²) in [6, 6.07) is 4.90. The van der Waals surface area contributed by atoms with E-state index in [9.17, 15) is 8.42 Å². The van der Waals surface area contributed by atoms with Crippen LogP contribution in [0.1, 0.15) is 25.3 Å². The number of halogens is 1. The van der Waals surface area contributed by atoms with Crippen molar-refractivity contribution >= 4 is 22.4 Å². The number of hydrogen-bond acceptors (Lipinski definition) is 4. The zero-order valence-corrected chi connectivity index (χ0v) is 13.5. The SMILES string of the molecule is CC1Cc2cc(S(=O)(=O)NC(CN)C3CC3)ccc2O1.Cl. The second-order valence-corrected chi connectivity index (χ2v) is 7.42. The summed E-state index contributed by atoms with van der Waals surface area (Å²) in [4.78, 5) is 0.299. The van der Waals surface area contributed by atoms with Gasteiger partial charge in [0.2, 0.25) is 10.0 Å². The summed E-state index contributed by atoms with van der Waals surface area (Å²) >= 11 is 0. The number of fused-ring (bicyclic) bond motifs is 1. The van der Waals surface area contributed by atoms with Gasteiger partial charge in [-0.3, -0.25) is 0 Å². The molecule has 5 nitrogen and oxygen atoms in total. The Hall–Kier alpha value is -0.820. The molecule has 1 saturated carbocycles. The Morgan fingerprint density at radius 1 is 1.43 bits per heavy atom. The van der Waals surface area contributed by atoms with Gasteiger partial charge in [0.25, 0.3) is 0 Å². The van der Waals surface area contributed by atoms with E-state index in [1.165, 1.54) is 0 Å². The van der Waals surface area contributed by atoms with Crippen LogP contribution in [0.4, 0.5) is 0 Å². The van der Waals surface area contributed by atoms with Crippen molar-refractivity contribution in [2.75, 3.05) is 6.54 Å². The summed E-state index contributed by atoms with van der Waals surface area (Å²) in [7, 11) is -3.50. The fourth-order valence-electron chi connectivity index (χ4n) is 2.67. The Kier molecular flexibility index (Phi) is 4.82. The lowest BCUT2D eigenvalue weighted by Gasteiger charge is -2.16. The monoisotopic (exact) mass is 332 g/mol. The molecule has 0 saturated heterocycles. The van der Waals surface area contributed by atoms with Crippen molar-refractivity contribution in [3.05, 3.63) is 23.8 Å². The number of nitrogens with two attached hydrogens (primary N) is 1. The predicted molar refractivity (Wildman–Crippen MR) is 83.4 cm³/mol. The highest BCUT2D eigenvalue weighted by Gasteiger charge is 2.33. The lowest BCUT2D eigenvalue weighted by Crippen LogP contribution is -2.41. The van der Waals surface area contributed by atoms with E-state index in [2.05, 4.69) is 4.72 Å². The Morgan fingerprint density at radius 3 is 2.76 bits per heavy atom. The smallest absolute Gasteiger partial charge is 0.240 e. The van der Waals surface area contributed by atoms with Gasteiger partial charge >= 0.3 is 0 Å². The van der Waals surface area contributed by atoms with Gasteiger partial charge in [-0.15, -0.1) is 12.4 Å². The minimum Gasteiger partial charge on any atom is -0.490 e. The molecule has 0 amide bonds. The number of nitrogens with one attached hydrogen (secondary N) is 1. The van der Waals surface area contributed by atoms with Crippen LogP contribution in [-0.2, 0) is 16.4 Å². The third-order valence-electron chi connectivity index (χ3n) is 3.93. The van der Waals surface area contributed by atoms with Crippen LogP contribution in [0.3, 0.4) is 0 Å². The summed E-state index contributed by atoms with van der Waals surface area (Å²) in [6.45, 7) is 2.32. The molecule has 2 atom stereocenters. The van der Waals surface area contributed by atoms with Crippen molar-refractivity contribution < 1.29 is 13.2 Å². The second-order valence-electron chi connectivity index (χ2n) is 5.70. The van der Waals surface area contributed by atoms with Gasteiger partial charge in [0.05, 0.1) is 4.90 Å². The molecule has 21 heavy (non-hydrogen) atoms. The average Bonchev–Trinajstić information content (AvgIpc) is 3.16. The van der Waals surface area contributed by atoms with Crippen LogP contribution in [0.2, 0.25) is 0 Å². The quantitative estimate of drug-likeness (QED) is 0.855. The Labute approximate surface area is 131 Å². The van der Waals surface area contributed by atoms with E-state index in [-0.39, 0.29) is 24.6 Å². The largest absolute Gasteiger partial charge is 0.490 e. The Morgan fingerprint density at radius 2 is 2.14 bits per heavy atom. The van der Waals surface area contributed by atoms with Crippen LogP contribution in [0, 0.1) is 5.92 Å². The lowest BCUT2D eigenvalue weighted by molar-refractivity contribution is 0.254. The molecule has 2 unspecified atom stereocenters. The standard InChI is InChI=1S/C14H20N2O3S.ClH/c1-9-6-11-7-12(4-5-14(11)19-9)20(17,18)16-13(8-15)10-2-3-10;/h4-5,7,9-10,13,16H,2-3,6,8,15H2,1H3;1H. The number of ether oxygens (including phenoxy) is 1. The van der Waals surface area contributed by atoms with E-state index in [4.69, 9.17) is 10.5 Å². The van der Waals surface area contributed by atoms with Crippen LogP contribution in [0.15, 0.2) is 23.1 Å². The van der Waals surface area contributed by atoms with E-state index in [0.29, 0.717) is 17.4 Å². The molecule has 1 aliphatic carbocycles. The first kappa shape index (κ1) is 16.5. The molecule has 1 aliphatic heterocycles. The number of benzene rings is 1. The molecule has 3 N–H and O–H groups in total. The van der Waals surface area contributed by atoms with Crippen LogP contribution in [0.25, 0.3) is 0 Å². The van der Waals surface area contributed by atoms with Gasteiger partial charge in [-0.2, -0.15) is 0 Å². The first-order valence-corrected chi connectivity index (χ1v) is 8.50. The normalized spacial score (nSPS) is 22.1. The van der Waals surface area contributed by atoms with Crippen LogP contribution >= 0.6 is 12.4 Å². The Balaban J connectivity index is 0.00000161. The fourth-order valence-corrected chi connectivity index (χ4v) is 4.04. The molecule has 1 heterocycles. The molecule has 3 rings (SSSR count). The third kappa shape index (κ3) is 3.51. The number of hydrogen-bond donors (Lipinski definition) is 2. The highest BCUT2D eigenvalue weighted by atomic mass is 35.5. The van der Waals surface area contributed by atoms with Crippen molar-refractivity contribution in [2.45, 2.75) is 43.2 Å². The minimum absolute atomic E-state index is 0. The zero-order valence-electron chi connectivity index (χ0n) is 11.9. The van der Waals surface area contributed by atoms with Crippen LogP contribution < -0.4 is 15.2 Å². The van der Waals surface area contributed by atoms with Gasteiger partial charge < -0.3 is 10.5 Å². The van der Waals surface area contributed by atoms with Crippen LogP contribution in [0.5, 0.6) is 5.75 Å². The molecule has 1 aromatic rings. The molecule has 118 valence electrons. The molecule has 1 fully saturated rings. The molecule has 7 heteroatoms. The molecule has 1 aromatic carbocycles. The minimum atomic E-state index is -3.50. The average molecular weight is 333 g/mol. The third-order valence-corrected chi connectivity index (χ3v) is 5.42. The maximum Gasteiger partial charge on any atom is 0.240 e. The molecule has 2 aliphatic rings. The molecule has 0 radical (unpaired) electrons. The Bertz CT molecular complexity index is 617. The lowest BCUT2D eigenvalue weighted by atomic mass is 10.1. The van der Waals surface area contributed by atoms with Crippen LogP contribution in [-0.4, -0.2) is 27.1 Å². The number of rotatable bonds is 5. The molecule has 0 spiro atoms. The summed E-state index contributed by atoms with van der Waals surface area (Å²) < 4.78 is 33.1. The van der Waals surface area contributed by atoms with Crippen molar-refractivity contribution in [1.82, 2.24) is 4.72 Å². The van der Waals surface area contributed by atoms with Gasteiger partial charge in [0, 0.05) is 19.0 Å². The summed E-state index contributed by atoms with van der Waals surface area (Å²) in [5.41, 5.74) is 6.62. The van der Waals surface area contributed by atoms with E-state index in [1.54, 1.807) is 18.2 Å². The topological polar surface area (TPSA) is 81.4 Å². The van der Waals surface area contributed by atoms with Crippen molar-refractivity contribution in [2.24, 2.45) is 11.7 Å². The molecule has 0 aromatic heterocycles. The van der Waals surface area contributed by atoms with E-state index in [1.807, 2.05) is 6.92 Å². The first-order chi connectivity index (χ1) is 9.49. The molecular formula is C14H21ClN2O3S. The first-order valence-electron chi connectivity index (χ1n) is 7.01. The predicted octanol–water partition coefficient (Wildman–Crippen LogP) is 1.45. The fraction of sp³-hybridized carbons (Fsp3) is 0.571. The maximum atomic E-state index is 12.4. The van der Waals surface area contributed by atoms with E-state index in [0.717, 1.165) is 30.6 Å². The second kappa shape index (κ2) is 6.12. The molecule has 0 bridgehead atoms. The highest BCUT2D eigenvalue weighted by Crippen LogP contribution is 2.34. The molecular weight excluding hydrogens is 312 g/mol. The van der Waals surface area contributed by atoms with Gasteiger partial charge in [0.1, 0.15) is 11.9 Å². The summed E-state index contributed by atoms with van der Waals surface area (Å²) in [5, 5.41) is 0. The maximum absolute atomic E-state index is 12.4. The van der Waals surface area contributed by atoms with Gasteiger partial charge in [-0.05, 0) is 49.4 Å². The summed E-state index contributed by atoms with van der Waals surface area (Å²) in [6.07, 6.45) is 2.97. The van der Waals surface area contributed by atoms with Crippen molar-refractivity contribution in [3.8, 4) is 5.75 Å². The van der Waals surface area contributed by atoms with E-state index >= 15 is 0 Å². The van der Waals surface area contributed by atoms with E-state index < -0.39 is 10.0 Å². The van der Waals surface area contributed by atoms with Gasteiger partial charge in [0.15, 0.2) is 0 Å². The van der Waals surface area contributed by atoms with Gasteiger partial charge in [-0.1, -0.05) is 0 Å². The number of sulfonamides is 1. The zero-order chi connectivity index (χ0) is 14.3. The van der Waals surface area contributed by atoms with Crippen molar-refractivity contribution in [3.63, 3.8) is 0 Å².